The Hall–Kier alpha value is -3.12. The van der Waals surface area contributed by atoms with Crippen molar-refractivity contribution >= 4 is 5.82 Å². The number of anilines is 1. The highest BCUT2D eigenvalue weighted by Crippen LogP contribution is 2.34. The summed E-state index contributed by atoms with van der Waals surface area (Å²) in [4.78, 5) is 3.94. The van der Waals surface area contributed by atoms with Gasteiger partial charge in [0, 0.05) is 5.56 Å². The summed E-state index contributed by atoms with van der Waals surface area (Å²) in [7, 11) is 0. The smallest absolute Gasteiger partial charge is 0.234 e. The van der Waals surface area contributed by atoms with Gasteiger partial charge in [-0.2, -0.15) is 15.5 Å². The number of halogens is 1. The molecule has 1 aromatic heterocycles. The van der Waals surface area contributed by atoms with Gasteiger partial charge in [0.1, 0.15) is 34.9 Å². The third kappa shape index (κ3) is 2.60. The van der Waals surface area contributed by atoms with Crippen LogP contribution in [0.2, 0.25) is 0 Å². The number of aromatic nitrogens is 1. The largest absolute Gasteiger partial charge is 0.477 e. The summed E-state index contributed by atoms with van der Waals surface area (Å²) in [5.74, 6) is -0.377. The summed E-state index contributed by atoms with van der Waals surface area (Å²) in [5, 5.41) is 18.6. The molecule has 0 aliphatic heterocycles. The Morgan fingerprint density at radius 1 is 1.19 bits per heavy atom. The summed E-state index contributed by atoms with van der Waals surface area (Å²) in [6.07, 6.45) is 0. The molecule has 0 spiro atoms. The number of nitrogens with two attached hydrogens (primary N) is 1. The van der Waals surface area contributed by atoms with E-state index in [2.05, 4.69) is 4.98 Å². The molecule has 0 aliphatic carbocycles. The maximum absolute atomic E-state index is 13.1. The van der Waals surface area contributed by atoms with Gasteiger partial charge in [-0.3, -0.25) is 0 Å². The summed E-state index contributed by atoms with van der Waals surface area (Å²) in [5.41, 5.74) is 6.73. The van der Waals surface area contributed by atoms with Crippen LogP contribution in [0.3, 0.4) is 0 Å². The number of nitrogens with zero attached hydrogens (tertiary/aromatic N) is 3. The Balaban J connectivity index is 2.81. The summed E-state index contributed by atoms with van der Waals surface area (Å²) in [6, 6.07) is 9.35. The van der Waals surface area contributed by atoms with Crippen LogP contribution >= 0.6 is 0 Å². The third-order valence-electron chi connectivity index (χ3n) is 2.83. The first-order chi connectivity index (χ1) is 10.1. The second kappa shape index (κ2) is 5.89. The highest BCUT2D eigenvalue weighted by molar-refractivity contribution is 5.82. The van der Waals surface area contributed by atoms with Crippen LogP contribution in [0, 0.1) is 28.5 Å². The van der Waals surface area contributed by atoms with Crippen molar-refractivity contribution in [3.63, 3.8) is 0 Å². The Morgan fingerprint density at radius 2 is 1.81 bits per heavy atom. The van der Waals surface area contributed by atoms with E-state index in [1.54, 1.807) is 6.92 Å². The molecule has 0 unspecified atom stereocenters. The molecule has 6 heteroatoms. The number of ether oxygens (including phenoxy) is 1. The topological polar surface area (TPSA) is 95.7 Å². The van der Waals surface area contributed by atoms with Crippen molar-refractivity contribution in [2.75, 3.05) is 12.3 Å². The second-order valence-electron chi connectivity index (χ2n) is 4.09. The van der Waals surface area contributed by atoms with E-state index in [-0.39, 0.29) is 22.8 Å². The SMILES string of the molecule is CCOc1nc(N)c(C#N)c(-c2ccc(F)cc2)c1C#N. The molecule has 1 aromatic carbocycles. The van der Waals surface area contributed by atoms with E-state index >= 15 is 0 Å². The van der Waals surface area contributed by atoms with Crippen LogP contribution < -0.4 is 10.5 Å². The molecule has 0 radical (unpaired) electrons. The van der Waals surface area contributed by atoms with Crippen LogP contribution in [0.1, 0.15) is 18.1 Å². The van der Waals surface area contributed by atoms with Crippen LogP contribution in [0.4, 0.5) is 10.2 Å². The number of hydrogen-bond acceptors (Lipinski definition) is 5. The number of rotatable bonds is 3. The predicted molar refractivity (Wildman–Crippen MR) is 74.6 cm³/mol. The monoisotopic (exact) mass is 282 g/mol. The summed E-state index contributed by atoms with van der Waals surface area (Å²) < 4.78 is 18.4. The number of nitriles is 2. The quantitative estimate of drug-likeness (QED) is 0.933. The zero-order chi connectivity index (χ0) is 15.4. The lowest BCUT2D eigenvalue weighted by Crippen LogP contribution is -2.06. The van der Waals surface area contributed by atoms with Crippen molar-refractivity contribution in [3.8, 4) is 29.1 Å². The number of nitrogen functional groups attached to an aromatic ring is 1. The van der Waals surface area contributed by atoms with Crippen molar-refractivity contribution in [1.29, 1.82) is 10.5 Å². The Labute approximate surface area is 121 Å². The van der Waals surface area contributed by atoms with Crippen LogP contribution in [0.5, 0.6) is 5.88 Å². The first-order valence-corrected chi connectivity index (χ1v) is 6.14. The van der Waals surface area contributed by atoms with Gasteiger partial charge in [0.25, 0.3) is 0 Å². The molecule has 0 atom stereocenters. The maximum atomic E-state index is 13.1. The average molecular weight is 282 g/mol. The van der Waals surface area contributed by atoms with Gasteiger partial charge in [0.05, 0.1) is 6.61 Å². The Kier molecular flexibility index (Phi) is 4.01. The van der Waals surface area contributed by atoms with Crippen molar-refractivity contribution < 1.29 is 9.13 Å². The highest BCUT2D eigenvalue weighted by atomic mass is 19.1. The van der Waals surface area contributed by atoms with Crippen LogP contribution in [0.25, 0.3) is 11.1 Å². The molecule has 0 saturated heterocycles. The van der Waals surface area contributed by atoms with Gasteiger partial charge < -0.3 is 10.5 Å². The number of benzene rings is 1. The fourth-order valence-corrected chi connectivity index (χ4v) is 1.94. The Bertz CT molecular complexity index is 757. The van der Waals surface area contributed by atoms with Crippen LogP contribution in [-0.4, -0.2) is 11.6 Å². The fraction of sp³-hybridized carbons (Fsp3) is 0.133. The first kappa shape index (κ1) is 14.3. The second-order valence-corrected chi connectivity index (χ2v) is 4.09. The molecule has 1 heterocycles. The number of hydrogen-bond donors (Lipinski definition) is 1. The predicted octanol–water partition coefficient (Wildman–Crippen LogP) is 2.61. The minimum absolute atomic E-state index is 0.0284. The van der Waals surface area contributed by atoms with E-state index in [1.807, 2.05) is 12.1 Å². The van der Waals surface area contributed by atoms with E-state index in [0.29, 0.717) is 17.7 Å². The van der Waals surface area contributed by atoms with E-state index in [9.17, 15) is 14.9 Å². The lowest BCUT2D eigenvalue weighted by atomic mass is 9.96. The molecule has 0 aliphatic rings. The molecular weight excluding hydrogens is 271 g/mol. The molecule has 2 N–H and O–H groups in total. The summed E-state index contributed by atoms with van der Waals surface area (Å²) >= 11 is 0. The van der Waals surface area contributed by atoms with Crippen LogP contribution in [0.15, 0.2) is 24.3 Å². The van der Waals surface area contributed by atoms with Crippen LogP contribution in [-0.2, 0) is 0 Å². The van der Waals surface area contributed by atoms with Gasteiger partial charge in [-0.05, 0) is 24.6 Å². The van der Waals surface area contributed by atoms with E-state index in [4.69, 9.17) is 10.5 Å². The molecule has 0 amide bonds. The van der Waals surface area contributed by atoms with Crippen molar-refractivity contribution in [3.05, 3.63) is 41.2 Å². The van der Waals surface area contributed by atoms with Gasteiger partial charge in [0.15, 0.2) is 0 Å². The highest BCUT2D eigenvalue weighted by Gasteiger charge is 2.20. The van der Waals surface area contributed by atoms with E-state index in [0.717, 1.165) is 0 Å². The van der Waals surface area contributed by atoms with Gasteiger partial charge >= 0.3 is 0 Å². The molecule has 0 bridgehead atoms. The first-order valence-electron chi connectivity index (χ1n) is 6.14. The van der Waals surface area contributed by atoms with Gasteiger partial charge in [-0.1, -0.05) is 12.1 Å². The minimum Gasteiger partial charge on any atom is -0.477 e. The van der Waals surface area contributed by atoms with E-state index in [1.165, 1.54) is 24.3 Å². The third-order valence-corrected chi connectivity index (χ3v) is 2.83. The molecular formula is C15H11FN4O. The summed E-state index contributed by atoms with van der Waals surface area (Å²) in [6.45, 7) is 2.05. The zero-order valence-electron chi connectivity index (χ0n) is 11.2. The maximum Gasteiger partial charge on any atom is 0.234 e. The van der Waals surface area contributed by atoms with E-state index < -0.39 is 5.82 Å². The molecule has 104 valence electrons. The molecule has 0 saturated carbocycles. The Morgan fingerprint density at radius 3 is 2.33 bits per heavy atom. The molecule has 0 fully saturated rings. The minimum atomic E-state index is -0.414. The molecule has 5 nitrogen and oxygen atoms in total. The average Bonchev–Trinajstić information content (AvgIpc) is 2.48. The van der Waals surface area contributed by atoms with Gasteiger partial charge in [0.2, 0.25) is 5.88 Å². The fourth-order valence-electron chi connectivity index (χ4n) is 1.94. The number of pyridine rings is 1. The molecule has 2 rings (SSSR count). The van der Waals surface area contributed by atoms with Crippen molar-refractivity contribution in [2.45, 2.75) is 6.92 Å². The lowest BCUT2D eigenvalue weighted by Gasteiger charge is -2.13. The standard InChI is InChI=1S/C15H11FN4O/c1-2-21-15-12(8-18)13(11(7-17)14(19)20-15)9-3-5-10(16)6-4-9/h3-6H,2H2,1H3,(H2,19,20). The zero-order valence-corrected chi connectivity index (χ0v) is 11.2. The normalized spacial score (nSPS) is 9.71. The van der Waals surface area contributed by atoms with Crippen molar-refractivity contribution in [1.82, 2.24) is 4.98 Å². The molecule has 21 heavy (non-hydrogen) atoms. The van der Waals surface area contributed by atoms with Gasteiger partial charge in [-0.15, -0.1) is 0 Å². The lowest BCUT2D eigenvalue weighted by molar-refractivity contribution is 0.326. The van der Waals surface area contributed by atoms with Gasteiger partial charge in [-0.25, -0.2) is 4.39 Å². The molecule has 2 aromatic rings. The van der Waals surface area contributed by atoms with Crippen molar-refractivity contribution in [2.24, 2.45) is 0 Å².